The van der Waals surface area contributed by atoms with Gasteiger partial charge in [0.05, 0.1) is 0 Å². The first-order chi connectivity index (χ1) is 10.0. The number of benzene rings is 1. The Balaban J connectivity index is 2.37. The zero-order valence-corrected chi connectivity index (χ0v) is 11.0. The standard InChI is InChI=1S/C14H11FN2O4/c1-16-13(18)10-7-8(5-6-17-10)21-11-4-2-3-9(15)12(11)14(19)20/h2-7H,1H3,(H,16,18)(H,19,20). The number of nitrogens with zero attached hydrogens (tertiary/aromatic N) is 1. The van der Waals surface area contributed by atoms with E-state index in [0.717, 1.165) is 6.07 Å². The molecule has 0 aliphatic carbocycles. The van der Waals surface area contributed by atoms with Crippen LogP contribution < -0.4 is 10.1 Å². The lowest BCUT2D eigenvalue weighted by molar-refractivity contribution is 0.0688. The molecule has 0 fully saturated rings. The Bertz CT molecular complexity index is 703. The van der Waals surface area contributed by atoms with E-state index in [1.54, 1.807) is 0 Å². The number of hydrogen-bond donors (Lipinski definition) is 2. The van der Waals surface area contributed by atoms with E-state index < -0.39 is 23.3 Å². The third-order valence-corrected chi connectivity index (χ3v) is 2.61. The van der Waals surface area contributed by atoms with Crippen LogP contribution in [0.4, 0.5) is 4.39 Å². The first kappa shape index (κ1) is 14.4. The average Bonchev–Trinajstić information content (AvgIpc) is 2.46. The summed E-state index contributed by atoms with van der Waals surface area (Å²) in [4.78, 5) is 26.4. The fourth-order valence-electron chi connectivity index (χ4n) is 1.65. The Morgan fingerprint density at radius 2 is 2.10 bits per heavy atom. The summed E-state index contributed by atoms with van der Waals surface area (Å²) in [5, 5.41) is 11.4. The highest BCUT2D eigenvalue weighted by atomic mass is 19.1. The summed E-state index contributed by atoms with van der Waals surface area (Å²) >= 11 is 0. The molecule has 0 aliphatic heterocycles. The molecule has 2 aromatic rings. The second-order valence-corrected chi connectivity index (χ2v) is 3.98. The van der Waals surface area contributed by atoms with Crippen molar-refractivity contribution in [1.82, 2.24) is 10.3 Å². The van der Waals surface area contributed by atoms with Crippen molar-refractivity contribution in [2.75, 3.05) is 7.05 Å². The molecule has 1 amide bonds. The lowest BCUT2D eigenvalue weighted by Crippen LogP contribution is -2.19. The maximum absolute atomic E-state index is 13.5. The van der Waals surface area contributed by atoms with E-state index in [1.807, 2.05) is 0 Å². The van der Waals surface area contributed by atoms with Gasteiger partial charge >= 0.3 is 5.97 Å². The van der Waals surface area contributed by atoms with Crippen molar-refractivity contribution in [3.05, 3.63) is 53.6 Å². The van der Waals surface area contributed by atoms with Crippen LogP contribution in [0.15, 0.2) is 36.5 Å². The number of carboxylic acid groups (broad SMARTS) is 1. The number of halogens is 1. The highest BCUT2D eigenvalue weighted by Gasteiger charge is 2.18. The molecular weight excluding hydrogens is 279 g/mol. The predicted molar refractivity (Wildman–Crippen MR) is 71.1 cm³/mol. The number of aromatic nitrogens is 1. The third kappa shape index (κ3) is 3.14. The number of amides is 1. The molecule has 0 atom stereocenters. The second kappa shape index (κ2) is 6.00. The molecule has 2 rings (SSSR count). The summed E-state index contributed by atoms with van der Waals surface area (Å²) in [5.41, 5.74) is -0.473. The van der Waals surface area contributed by atoms with Gasteiger partial charge in [0.1, 0.15) is 28.6 Å². The smallest absolute Gasteiger partial charge is 0.342 e. The van der Waals surface area contributed by atoms with E-state index in [-0.39, 0.29) is 17.2 Å². The number of carboxylic acids is 1. The van der Waals surface area contributed by atoms with Crippen LogP contribution >= 0.6 is 0 Å². The van der Waals surface area contributed by atoms with E-state index in [1.165, 1.54) is 37.5 Å². The minimum Gasteiger partial charge on any atom is -0.477 e. The van der Waals surface area contributed by atoms with Gasteiger partial charge in [0, 0.05) is 19.3 Å². The molecule has 0 saturated heterocycles. The van der Waals surface area contributed by atoms with Crippen LogP contribution in [0.2, 0.25) is 0 Å². The lowest BCUT2D eigenvalue weighted by atomic mass is 10.2. The molecule has 2 N–H and O–H groups in total. The second-order valence-electron chi connectivity index (χ2n) is 3.98. The number of hydrogen-bond acceptors (Lipinski definition) is 4. The average molecular weight is 290 g/mol. The van der Waals surface area contributed by atoms with Crippen LogP contribution in [0.1, 0.15) is 20.8 Å². The largest absolute Gasteiger partial charge is 0.477 e. The molecule has 0 saturated carbocycles. The molecule has 7 heteroatoms. The van der Waals surface area contributed by atoms with Gasteiger partial charge in [0.25, 0.3) is 5.91 Å². The Hall–Kier alpha value is -2.96. The molecule has 1 aromatic heterocycles. The van der Waals surface area contributed by atoms with Crippen molar-refractivity contribution in [2.45, 2.75) is 0 Å². The fraction of sp³-hybridized carbons (Fsp3) is 0.0714. The molecule has 1 heterocycles. The van der Waals surface area contributed by atoms with Crippen molar-refractivity contribution < 1.29 is 23.8 Å². The first-order valence-electron chi connectivity index (χ1n) is 5.90. The van der Waals surface area contributed by atoms with Crippen LogP contribution in [-0.2, 0) is 0 Å². The monoisotopic (exact) mass is 290 g/mol. The summed E-state index contributed by atoms with van der Waals surface area (Å²) in [5.74, 6) is -2.74. The summed E-state index contributed by atoms with van der Waals surface area (Å²) in [7, 11) is 1.45. The van der Waals surface area contributed by atoms with E-state index >= 15 is 0 Å². The van der Waals surface area contributed by atoms with Crippen molar-refractivity contribution in [2.24, 2.45) is 0 Å². The van der Waals surface area contributed by atoms with Gasteiger partial charge in [0.15, 0.2) is 0 Å². The van der Waals surface area contributed by atoms with Gasteiger partial charge in [-0.2, -0.15) is 0 Å². The molecule has 1 aromatic carbocycles. The number of aromatic carboxylic acids is 1. The first-order valence-corrected chi connectivity index (χ1v) is 5.90. The summed E-state index contributed by atoms with van der Waals surface area (Å²) in [6, 6.07) is 6.45. The summed E-state index contributed by atoms with van der Waals surface area (Å²) in [6.45, 7) is 0. The maximum Gasteiger partial charge on any atom is 0.342 e. The highest BCUT2D eigenvalue weighted by molar-refractivity contribution is 5.92. The molecule has 0 spiro atoms. The van der Waals surface area contributed by atoms with E-state index in [9.17, 15) is 14.0 Å². The molecular formula is C14H11FN2O4. The van der Waals surface area contributed by atoms with Gasteiger partial charge in [0.2, 0.25) is 0 Å². The van der Waals surface area contributed by atoms with Crippen LogP contribution in [0.25, 0.3) is 0 Å². The van der Waals surface area contributed by atoms with Crippen molar-refractivity contribution >= 4 is 11.9 Å². The lowest BCUT2D eigenvalue weighted by Gasteiger charge is -2.09. The predicted octanol–water partition coefficient (Wildman–Crippen LogP) is 2.07. The van der Waals surface area contributed by atoms with Gasteiger partial charge in [-0.15, -0.1) is 0 Å². The Morgan fingerprint density at radius 1 is 1.33 bits per heavy atom. The molecule has 0 aliphatic rings. The zero-order chi connectivity index (χ0) is 15.4. The number of rotatable bonds is 4. The van der Waals surface area contributed by atoms with Crippen LogP contribution in [0.3, 0.4) is 0 Å². The molecule has 0 bridgehead atoms. The third-order valence-electron chi connectivity index (χ3n) is 2.61. The summed E-state index contributed by atoms with van der Waals surface area (Å²) in [6.07, 6.45) is 1.33. The van der Waals surface area contributed by atoms with Gasteiger partial charge in [-0.25, -0.2) is 9.18 Å². The minimum absolute atomic E-state index is 0.100. The molecule has 6 nitrogen and oxygen atoms in total. The highest BCUT2D eigenvalue weighted by Crippen LogP contribution is 2.27. The SMILES string of the molecule is CNC(=O)c1cc(Oc2cccc(F)c2C(=O)O)ccn1. The van der Waals surface area contributed by atoms with Gasteiger partial charge in [-0.1, -0.05) is 6.07 Å². The molecule has 21 heavy (non-hydrogen) atoms. The summed E-state index contributed by atoms with van der Waals surface area (Å²) < 4.78 is 18.9. The zero-order valence-electron chi connectivity index (χ0n) is 11.0. The van der Waals surface area contributed by atoms with Crippen LogP contribution in [-0.4, -0.2) is 29.0 Å². The normalized spacial score (nSPS) is 10.0. The van der Waals surface area contributed by atoms with Gasteiger partial charge in [-0.05, 0) is 18.2 Å². The minimum atomic E-state index is -1.44. The van der Waals surface area contributed by atoms with Crippen molar-refractivity contribution in [1.29, 1.82) is 0 Å². The quantitative estimate of drug-likeness (QED) is 0.900. The van der Waals surface area contributed by atoms with Crippen LogP contribution in [0, 0.1) is 5.82 Å². The fourth-order valence-corrected chi connectivity index (χ4v) is 1.65. The van der Waals surface area contributed by atoms with Gasteiger partial charge in [-0.3, -0.25) is 9.78 Å². The number of pyridine rings is 1. The van der Waals surface area contributed by atoms with E-state index in [4.69, 9.17) is 9.84 Å². The van der Waals surface area contributed by atoms with Gasteiger partial charge < -0.3 is 15.2 Å². The number of carbonyl (C=O) groups excluding carboxylic acids is 1. The number of nitrogens with one attached hydrogen (secondary N) is 1. The van der Waals surface area contributed by atoms with Crippen molar-refractivity contribution in [3.63, 3.8) is 0 Å². The Kier molecular flexibility index (Phi) is 4.13. The number of ether oxygens (including phenoxy) is 1. The Morgan fingerprint density at radius 3 is 2.76 bits per heavy atom. The molecule has 108 valence electrons. The van der Waals surface area contributed by atoms with Crippen molar-refractivity contribution in [3.8, 4) is 11.5 Å². The number of carbonyl (C=O) groups is 2. The molecule has 0 unspecified atom stereocenters. The van der Waals surface area contributed by atoms with E-state index in [0.29, 0.717) is 0 Å². The Labute approximate surface area is 119 Å². The molecule has 0 radical (unpaired) electrons. The maximum atomic E-state index is 13.5. The van der Waals surface area contributed by atoms with Crippen LogP contribution in [0.5, 0.6) is 11.5 Å². The topological polar surface area (TPSA) is 88.5 Å². The van der Waals surface area contributed by atoms with E-state index in [2.05, 4.69) is 10.3 Å².